The van der Waals surface area contributed by atoms with Crippen LogP contribution in [0.15, 0.2) is 36.5 Å². The van der Waals surface area contributed by atoms with Crippen molar-refractivity contribution in [1.29, 1.82) is 0 Å². The summed E-state index contributed by atoms with van der Waals surface area (Å²) in [4.78, 5) is 18.0. The molecule has 0 unspecified atom stereocenters. The monoisotopic (exact) mass is 244 g/mol. The molecule has 2 aromatic rings. The highest BCUT2D eigenvalue weighted by atomic mass is 16.4. The van der Waals surface area contributed by atoms with Crippen LogP contribution in [-0.4, -0.2) is 21.0 Å². The number of aryl methyl sites for hydroxylation is 3. The van der Waals surface area contributed by atoms with Gasteiger partial charge >= 0.3 is 5.97 Å². The number of carbonyl (C=O) groups is 1. The van der Waals surface area contributed by atoms with Crippen molar-refractivity contribution in [2.75, 3.05) is 0 Å². The highest BCUT2D eigenvalue weighted by molar-refractivity contribution is 5.85. The molecule has 18 heavy (non-hydrogen) atoms. The van der Waals surface area contributed by atoms with E-state index in [0.29, 0.717) is 0 Å². The first-order valence-corrected chi connectivity index (χ1v) is 5.55. The number of rotatable bonds is 1. The smallest absolute Gasteiger partial charge is 0.354 e. The molecular formula is C14H16N2O2. The van der Waals surface area contributed by atoms with Crippen LogP contribution in [0.2, 0.25) is 0 Å². The molecule has 4 nitrogen and oxygen atoms in total. The predicted octanol–water partition coefficient (Wildman–Crippen LogP) is 2.79. The van der Waals surface area contributed by atoms with E-state index < -0.39 is 5.97 Å². The van der Waals surface area contributed by atoms with Crippen molar-refractivity contribution >= 4 is 5.97 Å². The van der Waals surface area contributed by atoms with Gasteiger partial charge in [-0.2, -0.15) is 0 Å². The van der Waals surface area contributed by atoms with Crippen molar-refractivity contribution in [3.8, 4) is 0 Å². The summed E-state index contributed by atoms with van der Waals surface area (Å²) in [6.07, 6.45) is 1.45. The molecule has 4 heteroatoms. The van der Waals surface area contributed by atoms with Gasteiger partial charge in [-0.15, -0.1) is 0 Å². The molecule has 2 aromatic heterocycles. The van der Waals surface area contributed by atoms with Crippen LogP contribution in [0.4, 0.5) is 0 Å². The number of hydrogen-bond acceptors (Lipinski definition) is 3. The second-order valence-electron chi connectivity index (χ2n) is 3.95. The van der Waals surface area contributed by atoms with Crippen molar-refractivity contribution in [3.05, 3.63) is 59.2 Å². The fraction of sp³-hybridized carbons (Fsp3) is 0.214. The summed E-state index contributed by atoms with van der Waals surface area (Å²) in [5, 5.41) is 8.32. The Morgan fingerprint density at radius 1 is 1.11 bits per heavy atom. The van der Waals surface area contributed by atoms with Crippen LogP contribution in [0.3, 0.4) is 0 Å². The minimum absolute atomic E-state index is 0.0810. The maximum absolute atomic E-state index is 10.1. The van der Waals surface area contributed by atoms with E-state index in [-0.39, 0.29) is 5.69 Å². The maximum Gasteiger partial charge on any atom is 0.354 e. The summed E-state index contributed by atoms with van der Waals surface area (Å²) in [7, 11) is 0. The normalized spacial score (nSPS) is 9.28. The number of nitrogens with zero attached hydrogens (tertiary/aromatic N) is 2. The summed E-state index contributed by atoms with van der Waals surface area (Å²) in [6.45, 7) is 6.11. The molecule has 2 heterocycles. The zero-order valence-corrected chi connectivity index (χ0v) is 10.7. The van der Waals surface area contributed by atoms with Crippen LogP contribution in [0.25, 0.3) is 0 Å². The standard InChI is InChI=1S/C8H11N.C6H5NO2/c1-6-4-7(2)9-8(3)5-6;8-6(9)5-3-1-2-4-7-5/h4-5H,1-3H3;1-4H,(H,8,9). The molecule has 0 saturated heterocycles. The van der Waals surface area contributed by atoms with E-state index in [1.807, 2.05) is 13.8 Å². The molecule has 0 spiro atoms. The molecule has 0 bridgehead atoms. The van der Waals surface area contributed by atoms with Crippen molar-refractivity contribution in [1.82, 2.24) is 9.97 Å². The minimum atomic E-state index is -0.990. The van der Waals surface area contributed by atoms with Gasteiger partial charge in [-0.05, 0) is 50.6 Å². The molecule has 0 atom stereocenters. The largest absolute Gasteiger partial charge is 0.477 e. The molecule has 0 fully saturated rings. The number of pyridine rings is 2. The lowest BCUT2D eigenvalue weighted by atomic mass is 10.2. The zero-order valence-electron chi connectivity index (χ0n) is 10.7. The van der Waals surface area contributed by atoms with Gasteiger partial charge in [0.1, 0.15) is 5.69 Å². The van der Waals surface area contributed by atoms with Crippen molar-refractivity contribution in [2.24, 2.45) is 0 Å². The van der Waals surface area contributed by atoms with Crippen molar-refractivity contribution in [2.45, 2.75) is 20.8 Å². The summed E-state index contributed by atoms with van der Waals surface area (Å²) in [5.41, 5.74) is 3.58. The number of carboxylic acid groups (broad SMARTS) is 1. The van der Waals surface area contributed by atoms with Gasteiger partial charge < -0.3 is 5.11 Å². The van der Waals surface area contributed by atoms with Gasteiger partial charge in [0, 0.05) is 17.6 Å². The number of aromatic carboxylic acids is 1. The van der Waals surface area contributed by atoms with Gasteiger partial charge in [-0.3, -0.25) is 4.98 Å². The van der Waals surface area contributed by atoms with Crippen LogP contribution < -0.4 is 0 Å². The molecule has 94 valence electrons. The average Bonchev–Trinajstić information content (AvgIpc) is 2.29. The fourth-order valence-electron chi connectivity index (χ4n) is 1.53. The molecule has 1 N–H and O–H groups in total. The molecular weight excluding hydrogens is 228 g/mol. The summed E-state index contributed by atoms with van der Waals surface area (Å²) in [6, 6.07) is 8.91. The van der Waals surface area contributed by atoms with Gasteiger partial charge in [0.2, 0.25) is 0 Å². The maximum atomic E-state index is 10.1. The van der Waals surface area contributed by atoms with E-state index in [9.17, 15) is 4.79 Å². The first kappa shape index (κ1) is 13.8. The third kappa shape index (κ3) is 4.74. The predicted molar refractivity (Wildman–Crippen MR) is 69.6 cm³/mol. The molecule has 0 aromatic carbocycles. The first-order chi connectivity index (χ1) is 8.49. The second kappa shape index (κ2) is 6.49. The Labute approximate surface area is 106 Å². The van der Waals surface area contributed by atoms with Crippen LogP contribution >= 0.6 is 0 Å². The minimum Gasteiger partial charge on any atom is -0.477 e. The molecule has 0 aliphatic carbocycles. The van der Waals surface area contributed by atoms with E-state index in [0.717, 1.165) is 11.4 Å². The van der Waals surface area contributed by atoms with Crippen LogP contribution in [-0.2, 0) is 0 Å². The third-order valence-corrected chi connectivity index (χ3v) is 2.11. The zero-order chi connectivity index (χ0) is 13.5. The van der Waals surface area contributed by atoms with Crippen LogP contribution in [0.5, 0.6) is 0 Å². The summed E-state index contributed by atoms with van der Waals surface area (Å²) < 4.78 is 0. The van der Waals surface area contributed by atoms with Gasteiger partial charge in [-0.25, -0.2) is 9.78 Å². The molecule has 0 amide bonds. The highest BCUT2D eigenvalue weighted by Gasteiger charge is 1.98. The van der Waals surface area contributed by atoms with Crippen molar-refractivity contribution < 1.29 is 9.90 Å². The Kier molecular flexibility index (Phi) is 4.99. The fourth-order valence-corrected chi connectivity index (χ4v) is 1.53. The lowest BCUT2D eigenvalue weighted by Gasteiger charge is -1.96. The quantitative estimate of drug-likeness (QED) is 0.837. The summed E-state index contributed by atoms with van der Waals surface area (Å²) in [5.74, 6) is -0.990. The van der Waals surface area contributed by atoms with E-state index >= 15 is 0 Å². The van der Waals surface area contributed by atoms with E-state index in [1.54, 1.807) is 12.1 Å². The third-order valence-electron chi connectivity index (χ3n) is 2.11. The molecule has 0 saturated carbocycles. The molecule has 0 aliphatic heterocycles. The Bertz CT molecular complexity index is 474. The van der Waals surface area contributed by atoms with Gasteiger partial charge in [0.25, 0.3) is 0 Å². The van der Waals surface area contributed by atoms with Crippen molar-refractivity contribution in [3.63, 3.8) is 0 Å². The Hall–Kier alpha value is -2.23. The number of aromatic nitrogens is 2. The highest BCUT2D eigenvalue weighted by Crippen LogP contribution is 2.01. The molecule has 2 rings (SSSR count). The first-order valence-electron chi connectivity index (χ1n) is 5.55. The Morgan fingerprint density at radius 2 is 1.72 bits per heavy atom. The van der Waals surface area contributed by atoms with Gasteiger partial charge in [0.05, 0.1) is 0 Å². The SMILES string of the molecule is Cc1cc(C)nc(C)c1.O=C(O)c1ccccn1. The number of carboxylic acids is 1. The molecule has 0 radical (unpaired) electrons. The van der Waals surface area contributed by atoms with E-state index in [2.05, 4.69) is 29.0 Å². The summed E-state index contributed by atoms with van der Waals surface area (Å²) >= 11 is 0. The van der Waals surface area contributed by atoms with Crippen LogP contribution in [0, 0.1) is 20.8 Å². The second-order valence-corrected chi connectivity index (χ2v) is 3.95. The molecule has 0 aliphatic rings. The Balaban J connectivity index is 0.000000180. The number of hydrogen-bond donors (Lipinski definition) is 1. The lowest BCUT2D eigenvalue weighted by Crippen LogP contribution is -1.97. The topological polar surface area (TPSA) is 63.1 Å². The average molecular weight is 244 g/mol. The van der Waals surface area contributed by atoms with Gasteiger partial charge in [0.15, 0.2) is 0 Å². The van der Waals surface area contributed by atoms with E-state index in [1.165, 1.54) is 17.8 Å². The van der Waals surface area contributed by atoms with Crippen LogP contribution in [0.1, 0.15) is 27.4 Å². The Morgan fingerprint density at radius 3 is 2.06 bits per heavy atom. The van der Waals surface area contributed by atoms with E-state index in [4.69, 9.17) is 5.11 Å². The van der Waals surface area contributed by atoms with Gasteiger partial charge in [-0.1, -0.05) is 6.07 Å². The lowest BCUT2D eigenvalue weighted by molar-refractivity contribution is 0.0690.